The number of nitro groups is 1. The molecule has 12 heteroatoms. The molecule has 0 aliphatic carbocycles. The van der Waals surface area contributed by atoms with Gasteiger partial charge in [-0.1, -0.05) is 23.5 Å². The van der Waals surface area contributed by atoms with Gasteiger partial charge in [-0.2, -0.15) is 0 Å². The molecule has 0 radical (unpaired) electrons. The first-order valence-corrected chi connectivity index (χ1v) is 14.4. The highest BCUT2D eigenvalue weighted by Crippen LogP contribution is 2.37. The fraction of sp³-hybridized carbons (Fsp3) is 0.219. The zero-order valence-corrected chi connectivity index (χ0v) is 25.3. The van der Waals surface area contributed by atoms with Crippen molar-refractivity contribution in [3.05, 3.63) is 124 Å². The predicted octanol–water partition coefficient (Wildman–Crippen LogP) is 4.30. The number of nitro benzene ring substituents is 1. The molecule has 0 saturated heterocycles. The molecule has 1 aromatic heterocycles. The molecular formula is C32H29N3O8S. The zero-order chi connectivity index (χ0) is 31.4. The van der Waals surface area contributed by atoms with Crippen LogP contribution in [0.2, 0.25) is 0 Å². The van der Waals surface area contributed by atoms with Crippen LogP contribution in [0.15, 0.2) is 87.8 Å². The molecular weight excluding hydrogens is 586 g/mol. The largest absolute Gasteiger partial charge is 0.497 e. The lowest BCUT2D eigenvalue weighted by atomic mass is 9.94. The molecule has 0 unspecified atom stereocenters. The van der Waals surface area contributed by atoms with E-state index in [-0.39, 0.29) is 30.0 Å². The van der Waals surface area contributed by atoms with E-state index >= 15 is 0 Å². The Morgan fingerprint density at radius 2 is 1.84 bits per heavy atom. The molecule has 0 saturated carbocycles. The summed E-state index contributed by atoms with van der Waals surface area (Å²) in [6, 6.07) is 17.7. The monoisotopic (exact) mass is 615 g/mol. The maximum absolute atomic E-state index is 14.0. The lowest BCUT2D eigenvalue weighted by Crippen LogP contribution is -2.40. The number of hydrogen-bond acceptors (Lipinski definition) is 10. The number of allylic oxidation sites excluding steroid dienone is 1. The molecule has 0 bridgehead atoms. The van der Waals surface area contributed by atoms with E-state index in [1.54, 1.807) is 68.5 Å². The topological polar surface area (TPSA) is 131 Å². The van der Waals surface area contributed by atoms with Gasteiger partial charge in [0.25, 0.3) is 11.2 Å². The van der Waals surface area contributed by atoms with Crippen molar-refractivity contribution in [2.45, 2.75) is 26.5 Å². The molecule has 1 aliphatic rings. The summed E-state index contributed by atoms with van der Waals surface area (Å²) in [7, 11) is 3.06. The number of fused-ring (bicyclic) bond motifs is 1. The van der Waals surface area contributed by atoms with Crippen LogP contribution in [0.25, 0.3) is 6.08 Å². The second-order valence-electron chi connectivity index (χ2n) is 9.69. The third-order valence-corrected chi connectivity index (χ3v) is 7.94. The number of hydrogen-bond donors (Lipinski definition) is 0. The second-order valence-corrected chi connectivity index (χ2v) is 10.7. The second kappa shape index (κ2) is 13.0. The number of esters is 1. The molecule has 2 heterocycles. The maximum atomic E-state index is 14.0. The Kier molecular flexibility index (Phi) is 8.91. The molecule has 0 N–H and O–H groups in total. The van der Waals surface area contributed by atoms with Crippen molar-refractivity contribution in [2.75, 3.05) is 20.8 Å². The van der Waals surface area contributed by atoms with E-state index in [1.165, 1.54) is 42.3 Å². The first-order valence-electron chi connectivity index (χ1n) is 13.6. The molecule has 5 rings (SSSR count). The molecule has 0 spiro atoms. The van der Waals surface area contributed by atoms with Crippen LogP contribution in [0.4, 0.5) is 5.69 Å². The Morgan fingerprint density at radius 1 is 1.07 bits per heavy atom. The van der Waals surface area contributed by atoms with E-state index < -0.39 is 16.9 Å². The SMILES string of the molecule is CCOC(=O)C1=C(C)N=c2s/c(=C/c3cccc(OCc4ccc([N+](=O)[O-])cc4)c3)c(=O)n2[C@@H]1c1cc(OC)ccc1OC. The third kappa shape index (κ3) is 6.11. The van der Waals surface area contributed by atoms with Crippen LogP contribution in [0.5, 0.6) is 17.2 Å². The van der Waals surface area contributed by atoms with Gasteiger partial charge in [0.15, 0.2) is 4.80 Å². The summed E-state index contributed by atoms with van der Waals surface area (Å²) < 4.78 is 24.3. The molecule has 4 aromatic rings. The van der Waals surface area contributed by atoms with Crippen LogP contribution in [-0.4, -0.2) is 36.3 Å². The van der Waals surface area contributed by atoms with E-state index in [4.69, 9.17) is 18.9 Å². The molecule has 226 valence electrons. The van der Waals surface area contributed by atoms with E-state index in [2.05, 4.69) is 4.99 Å². The highest BCUT2D eigenvalue weighted by atomic mass is 32.1. The van der Waals surface area contributed by atoms with Crippen molar-refractivity contribution in [1.29, 1.82) is 0 Å². The summed E-state index contributed by atoms with van der Waals surface area (Å²) in [4.78, 5) is 42.8. The third-order valence-electron chi connectivity index (χ3n) is 6.96. The van der Waals surface area contributed by atoms with Crippen LogP contribution in [0.3, 0.4) is 0 Å². The molecule has 0 amide bonds. The van der Waals surface area contributed by atoms with E-state index in [0.717, 1.165) is 5.56 Å². The number of thiazole rings is 1. The van der Waals surface area contributed by atoms with Gasteiger partial charge in [-0.25, -0.2) is 9.79 Å². The number of non-ortho nitro benzene ring substituents is 1. The van der Waals surface area contributed by atoms with Crippen molar-refractivity contribution < 1.29 is 28.7 Å². The van der Waals surface area contributed by atoms with Crippen LogP contribution in [0.1, 0.15) is 36.6 Å². The number of benzene rings is 3. The number of carbonyl (C=O) groups excluding carboxylic acids is 1. The number of aromatic nitrogens is 1. The average Bonchev–Trinajstić information content (AvgIpc) is 3.33. The maximum Gasteiger partial charge on any atom is 0.338 e. The smallest absolute Gasteiger partial charge is 0.338 e. The molecule has 11 nitrogen and oxygen atoms in total. The van der Waals surface area contributed by atoms with Crippen molar-refractivity contribution in [3.8, 4) is 17.2 Å². The first-order chi connectivity index (χ1) is 21.2. The van der Waals surface area contributed by atoms with Gasteiger partial charge < -0.3 is 18.9 Å². The van der Waals surface area contributed by atoms with Crippen molar-refractivity contribution in [3.63, 3.8) is 0 Å². The molecule has 1 aliphatic heterocycles. The summed E-state index contributed by atoms with van der Waals surface area (Å²) in [6.07, 6.45) is 1.74. The molecule has 3 aromatic carbocycles. The summed E-state index contributed by atoms with van der Waals surface area (Å²) in [5.41, 5.74) is 2.39. The average molecular weight is 616 g/mol. The van der Waals surface area contributed by atoms with E-state index in [0.29, 0.717) is 43.4 Å². The van der Waals surface area contributed by atoms with Crippen LogP contribution >= 0.6 is 11.3 Å². The van der Waals surface area contributed by atoms with E-state index in [9.17, 15) is 19.7 Å². The van der Waals surface area contributed by atoms with Gasteiger partial charge in [0.2, 0.25) is 0 Å². The minimum Gasteiger partial charge on any atom is -0.497 e. The standard InChI is InChI=1S/C32H29N3O8S/c1-5-42-31(37)28-19(2)33-32-34(29(28)25-17-23(40-3)13-14-26(25)41-4)30(36)27(44-32)16-21-7-6-8-24(15-21)43-18-20-9-11-22(12-10-20)35(38)39/h6-17,29H,5,18H2,1-4H3/b27-16+/t29-/m1/s1. The van der Waals surface area contributed by atoms with E-state index in [1.807, 2.05) is 6.07 Å². The Hall–Kier alpha value is -5.23. The molecule has 0 fully saturated rings. The van der Waals surface area contributed by atoms with Gasteiger partial charge in [-0.3, -0.25) is 19.5 Å². The highest BCUT2D eigenvalue weighted by Gasteiger charge is 2.35. The van der Waals surface area contributed by atoms with Crippen LogP contribution < -0.4 is 29.1 Å². The Bertz CT molecular complexity index is 1940. The van der Waals surface area contributed by atoms with Crippen molar-refractivity contribution in [1.82, 2.24) is 4.57 Å². The van der Waals surface area contributed by atoms with Gasteiger partial charge in [-0.05, 0) is 73.5 Å². The summed E-state index contributed by atoms with van der Waals surface area (Å²) in [5, 5.41) is 10.9. The minimum atomic E-state index is -0.867. The first kappa shape index (κ1) is 30.2. The normalized spacial score (nSPS) is 14.5. The fourth-order valence-corrected chi connectivity index (χ4v) is 5.91. The van der Waals surface area contributed by atoms with Crippen LogP contribution in [-0.2, 0) is 16.1 Å². The van der Waals surface area contributed by atoms with Crippen LogP contribution in [0, 0.1) is 10.1 Å². The number of carbonyl (C=O) groups is 1. The van der Waals surface area contributed by atoms with Crippen molar-refractivity contribution >= 4 is 29.1 Å². The Labute approximate surface area is 256 Å². The Morgan fingerprint density at radius 3 is 2.52 bits per heavy atom. The summed E-state index contributed by atoms with van der Waals surface area (Å²) >= 11 is 1.20. The lowest BCUT2D eigenvalue weighted by molar-refractivity contribution is -0.384. The minimum absolute atomic E-state index is 0.00821. The number of nitrogens with zero attached hydrogens (tertiary/aromatic N) is 3. The van der Waals surface area contributed by atoms with Gasteiger partial charge in [0, 0.05) is 17.7 Å². The molecule has 1 atom stereocenters. The predicted molar refractivity (Wildman–Crippen MR) is 164 cm³/mol. The quantitative estimate of drug-likeness (QED) is 0.147. The summed E-state index contributed by atoms with van der Waals surface area (Å²) in [6.45, 7) is 3.80. The highest BCUT2D eigenvalue weighted by molar-refractivity contribution is 7.07. The summed E-state index contributed by atoms with van der Waals surface area (Å²) in [5.74, 6) is 0.992. The van der Waals surface area contributed by atoms with Gasteiger partial charge >= 0.3 is 5.97 Å². The van der Waals surface area contributed by atoms with Gasteiger partial charge in [0.1, 0.15) is 29.9 Å². The lowest BCUT2D eigenvalue weighted by Gasteiger charge is -2.26. The zero-order valence-electron chi connectivity index (χ0n) is 24.4. The number of rotatable bonds is 10. The van der Waals surface area contributed by atoms with Gasteiger partial charge in [-0.15, -0.1) is 0 Å². The number of methoxy groups -OCH3 is 2. The fourth-order valence-electron chi connectivity index (χ4n) is 4.86. The molecule has 44 heavy (non-hydrogen) atoms. The number of ether oxygens (including phenoxy) is 4. The Balaban J connectivity index is 1.55. The van der Waals surface area contributed by atoms with Crippen molar-refractivity contribution in [2.24, 2.45) is 4.99 Å². The van der Waals surface area contributed by atoms with Gasteiger partial charge in [0.05, 0.1) is 41.6 Å².